The topological polar surface area (TPSA) is 171 Å². The molecular formula is C27H19ClF2N6O6S2. The highest BCUT2D eigenvalue weighted by Gasteiger charge is 2.45. The van der Waals surface area contributed by atoms with Crippen LogP contribution in [0.4, 0.5) is 8.78 Å². The molecule has 12 nitrogen and oxygen atoms in total. The molecule has 0 unspecified atom stereocenters. The lowest BCUT2D eigenvalue weighted by molar-refractivity contribution is 0.187. The molecule has 0 atom stereocenters. The third-order valence-corrected chi connectivity index (χ3v) is 11.1. The molecular weight excluding hydrogens is 642 g/mol. The Balaban J connectivity index is 1.44. The van der Waals surface area contributed by atoms with Gasteiger partial charge in [-0.15, -0.1) is 0 Å². The molecule has 1 aliphatic rings. The number of hydrogen-bond acceptors (Lipinski definition) is 10. The molecule has 3 aromatic heterocycles. The number of oxazole rings is 1. The zero-order valence-electron chi connectivity index (χ0n) is 22.5. The van der Waals surface area contributed by atoms with Gasteiger partial charge in [-0.25, -0.2) is 36.2 Å². The van der Waals surface area contributed by atoms with Gasteiger partial charge in [-0.3, -0.25) is 0 Å². The third-order valence-electron chi connectivity index (χ3n) is 7.28. The largest absolute Gasteiger partial charge is 0.435 e. The number of nitrogens with zero attached hydrogens (tertiary/aromatic N) is 6. The van der Waals surface area contributed by atoms with Gasteiger partial charge in [0.15, 0.2) is 21.2 Å². The first-order valence-electron chi connectivity index (χ1n) is 12.9. The molecule has 0 N–H and O–H groups in total. The second-order valence-electron chi connectivity index (χ2n) is 9.95. The second-order valence-corrected chi connectivity index (χ2v) is 14.9. The SMILES string of the molecule is CCS(=O)(=O)c1ccc(-n2ncn(-c3ccc(C4(C#N)CC4)cc3)c2=O)nc1-c1nc2cc(S(=O)(=O)C(F)(F)Cl)ccc2o1. The lowest BCUT2D eigenvalue weighted by Gasteiger charge is -2.08. The molecule has 1 aliphatic carbocycles. The maximum absolute atomic E-state index is 13.5. The number of fused-ring (bicyclic) bond motifs is 1. The molecule has 6 rings (SSSR count). The Morgan fingerprint density at radius 1 is 1.07 bits per heavy atom. The van der Waals surface area contributed by atoms with Crippen LogP contribution in [0.15, 0.2) is 79.9 Å². The Hall–Kier alpha value is -4.46. The van der Waals surface area contributed by atoms with Crippen molar-refractivity contribution in [1.29, 1.82) is 5.26 Å². The highest BCUT2D eigenvalue weighted by molar-refractivity contribution is 7.93. The van der Waals surface area contributed by atoms with Gasteiger partial charge in [0.25, 0.3) is 9.84 Å². The van der Waals surface area contributed by atoms with Crippen molar-refractivity contribution in [2.45, 2.75) is 39.7 Å². The van der Waals surface area contributed by atoms with E-state index in [0.29, 0.717) is 5.69 Å². The fourth-order valence-corrected chi connectivity index (χ4v) is 6.65. The number of pyridine rings is 1. The summed E-state index contributed by atoms with van der Waals surface area (Å²) < 4.78 is 80.4. The van der Waals surface area contributed by atoms with Crippen LogP contribution in [0.1, 0.15) is 25.3 Å². The van der Waals surface area contributed by atoms with Crippen LogP contribution in [0, 0.1) is 11.3 Å². The summed E-state index contributed by atoms with van der Waals surface area (Å²) in [6, 6.07) is 14.4. The van der Waals surface area contributed by atoms with Crippen molar-refractivity contribution in [3.05, 3.63) is 77.0 Å². The summed E-state index contributed by atoms with van der Waals surface area (Å²) in [5.74, 6) is -0.800. The molecule has 5 aromatic rings. The fourth-order valence-electron chi connectivity index (χ4n) is 4.59. The standard InChI is InChI=1S/C27H19ClF2N6O6S2/c1-2-43(38,39)21-9-10-22(36-25(37)35(15-32-36)17-5-3-16(4-6-17)26(14-31)11-12-26)34-23(21)24-33-19-13-18(7-8-20(19)42-24)44(40,41)27(28,29)30/h3-10,13,15H,2,11-12H2,1H3. The van der Waals surface area contributed by atoms with Crippen molar-refractivity contribution in [2.75, 3.05) is 5.75 Å². The predicted molar refractivity (Wildman–Crippen MR) is 152 cm³/mol. The van der Waals surface area contributed by atoms with E-state index in [-0.39, 0.29) is 39.2 Å². The summed E-state index contributed by atoms with van der Waals surface area (Å²) in [5, 5.41) is 13.6. The molecule has 0 saturated heterocycles. The van der Waals surface area contributed by atoms with Gasteiger partial charge in [0.05, 0.1) is 32.7 Å². The van der Waals surface area contributed by atoms with Crippen molar-refractivity contribution in [1.82, 2.24) is 24.3 Å². The van der Waals surface area contributed by atoms with Gasteiger partial charge in [0.1, 0.15) is 17.5 Å². The van der Waals surface area contributed by atoms with Gasteiger partial charge >= 0.3 is 10.4 Å². The number of nitriles is 1. The zero-order chi connectivity index (χ0) is 31.7. The van der Waals surface area contributed by atoms with Crippen molar-refractivity contribution >= 4 is 42.4 Å². The van der Waals surface area contributed by atoms with E-state index >= 15 is 0 Å². The molecule has 0 amide bonds. The van der Waals surface area contributed by atoms with E-state index < -0.39 is 40.4 Å². The van der Waals surface area contributed by atoms with Gasteiger partial charge in [-0.1, -0.05) is 19.1 Å². The first-order chi connectivity index (χ1) is 20.7. The molecule has 0 spiro atoms. The van der Waals surface area contributed by atoms with Crippen molar-refractivity contribution < 1.29 is 30.0 Å². The minimum atomic E-state index is -5.26. The summed E-state index contributed by atoms with van der Waals surface area (Å²) in [6.07, 6.45) is 2.78. The van der Waals surface area contributed by atoms with E-state index in [9.17, 15) is 35.7 Å². The summed E-state index contributed by atoms with van der Waals surface area (Å²) in [7, 11) is -9.20. The Morgan fingerprint density at radius 2 is 1.77 bits per heavy atom. The molecule has 0 bridgehead atoms. The number of halogens is 3. The maximum atomic E-state index is 13.5. The molecule has 0 aliphatic heterocycles. The lowest BCUT2D eigenvalue weighted by atomic mass is 9.98. The molecule has 17 heteroatoms. The summed E-state index contributed by atoms with van der Waals surface area (Å²) in [4.78, 5) is 20.6. The van der Waals surface area contributed by atoms with Crippen molar-refractivity contribution in [3.63, 3.8) is 0 Å². The highest BCUT2D eigenvalue weighted by atomic mass is 35.5. The quantitative estimate of drug-likeness (QED) is 0.220. The summed E-state index contributed by atoms with van der Waals surface area (Å²) >= 11 is 4.77. The monoisotopic (exact) mass is 660 g/mol. The van der Waals surface area contributed by atoms with Crippen LogP contribution < -0.4 is 5.69 Å². The van der Waals surface area contributed by atoms with Crippen molar-refractivity contribution in [2.24, 2.45) is 0 Å². The number of aromatic nitrogens is 5. The number of benzene rings is 2. The first-order valence-corrected chi connectivity index (χ1v) is 16.4. The molecule has 2 aromatic carbocycles. The lowest BCUT2D eigenvalue weighted by Crippen LogP contribution is -2.23. The Labute approximate surface area is 253 Å². The van der Waals surface area contributed by atoms with Crippen LogP contribution >= 0.6 is 11.6 Å². The zero-order valence-corrected chi connectivity index (χ0v) is 24.9. The van der Waals surface area contributed by atoms with Gasteiger partial charge in [0, 0.05) is 0 Å². The van der Waals surface area contributed by atoms with E-state index in [4.69, 9.17) is 16.0 Å². The molecule has 226 valence electrons. The average molecular weight is 661 g/mol. The second kappa shape index (κ2) is 10.0. The molecule has 1 fully saturated rings. The van der Waals surface area contributed by atoms with Crippen LogP contribution in [0.25, 0.3) is 34.2 Å². The number of hydrogen-bond donors (Lipinski definition) is 0. The van der Waals surface area contributed by atoms with Crippen molar-refractivity contribution in [3.8, 4) is 29.2 Å². The minimum absolute atomic E-state index is 0.0573. The van der Waals surface area contributed by atoms with Gasteiger partial charge in [-0.05, 0) is 72.5 Å². The third kappa shape index (κ3) is 4.77. The molecule has 3 heterocycles. The highest BCUT2D eigenvalue weighted by Crippen LogP contribution is 2.47. The van der Waals surface area contributed by atoms with Gasteiger partial charge < -0.3 is 4.42 Å². The average Bonchev–Trinajstić information content (AvgIpc) is 3.53. The number of sulfone groups is 2. The Bertz CT molecular complexity index is 2280. The Kier molecular flexibility index (Phi) is 6.76. The van der Waals surface area contributed by atoms with E-state index in [1.54, 1.807) is 24.3 Å². The van der Waals surface area contributed by atoms with Crippen LogP contribution in [0.5, 0.6) is 0 Å². The fraction of sp³-hybridized carbons (Fsp3) is 0.222. The van der Waals surface area contributed by atoms with Crippen LogP contribution in [-0.2, 0) is 25.1 Å². The van der Waals surface area contributed by atoms with Crippen LogP contribution in [0.3, 0.4) is 0 Å². The van der Waals surface area contributed by atoms with E-state index in [0.717, 1.165) is 41.3 Å². The Morgan fingerprint density at radius 3 is 2.39 bits per heavy atom. The van der Waals surface area contributed by atoms with Crippen LogP contribution in [0.2, 0.25) is 0 Å². The predicted octanol–water partition coefficient (Wildman–Crippen LogP) is 4.14. The minimum Gasteiger partial charge on any atom is -0.435 e. The maximum Gasteiger partial charge on any atom is 0.427 e. The summed E-state index contributed by atoms with van der Waals surface area (Å²) in [5.41, 5.74) is -0.382. The molecule has 1 saturated carbocycles. The van der Waals surface area contributed by atoms with E-state index in [1.807, 2.05) is 0 Å². The smallest absolute Gasteiger partial charge is 0.427 e. The van der Waals surface area contributed by atoms with E-state index in [1.165, 1.54) is 30.0 Å². The number of alkyl halides is 3. The normalized spacial score (nSPS) is 14.9. The first kappa shape index (κ1) is 29.6. The number of rotatable bonds is 8. The van der Waals surface area contributed by atoms with Gasteiger partial charge in [0.2, 0.25) is 5.89 Å². The molecule has 0 radical (unpaired) electrons. The summed E-state index contributed by atoms with van der Waals surface area (Å²) in [6.45, 7) is 1.40. The van der Waals surface area contributed by atoms with E-state index in [2.05, 4.69) is 21.1 Å². The van der Waals surface area contributed by atoms with Gasteiger partial charge in [-0.2, -0.15) is 23.8 Å². The van der Waals surface area contributed by atoms with Crippen LogP contribution in [-0.4, -0.2) is 51.6 Å². The molecule has 44 heavy (non-hydrogen) atoms.